The first-order valence-electron chi connectivity index (χ1n) is 6.61. The average Bonchev–Trinajstić information content (AvgIpc) is 2.21. The van der Waals surface area contributed by atoms with Crippen LogP contribution in [0.2, 0.25) is 0 Å². The van der Waals surface area contributed by atoms with Crippen molar-refractivity contribution >= 4 is 0 Å². The largest absolute Gasteiger partial charge is 0.0654 e. The number of rotatable bonds is 5. The predicted octanol–water partition coefficient (Wildman–Crippen LogP) is 4.74. The Bertz CT molecular complexity index is 151. The normalized spacial score (nSPS) is 39.2. The fraction of sp³-hybridized carbons (Fsp3) is 1.00. The second-order valence-electron chi connectivity index (χ2n) is 5.58. The van der Waals surface area contributed by atoms with Crippen LogP contribution in [0.4, 0.5) is 0 Å². The van der Waals surface area contributed by atoms with E-state index in [0.29, 0.717) is 0 Å². The smallest absolute Gasteiger partial charge is 0.0355 e. The SMILES string of the molecule is CCCC1C(C)C(CC(C)CC)C1C. The lowest BCUT2D eigenvalue weighted by Gasteiger charge is -2.51. The highest BCUT2D eigenvalue weighted by atomic mass is 14.5. The first-order chi connectivity index (χ1) is 6.61. The molecule has 0 radical (unpaired) electrons. The molecule has 0 aromatic heterocycles. The molecule has 0 spiro atoms. The molecule has 0 N–H and O–H groups in total. The molecule has 0 aromatic rings. The third-order valence-corrected chi connectivity index (χ3v) is 4.69. The van der Waals surface area contributed by atoms with Crippen molar-refractivity contribution < 1.29 is 0 Å². The van der Waals surface area contributed by atoms with Gasteiger partial charge in [0.15, 0.2) is 0 Å². The lowest BCUT2D eigenvalue weighted by Crippen LogP contribution is -2.44. The lowest BCUT2D eigenvalue weighted by atomic mass is 9.55. The van der Waals surface area contributed by atoms with Gasteiger partial charge in [0, 0.05) is 0 Å². The van der Waals surface area contributed by atoms with E-state index in [0.717, 1.165) is 29.6 Å². The van der Waals surface area contributed by atoms with E-state index < -0.39 is 0 Å². The Morgan fingerprint density at radius 3 is 2.00 bits per heavy atom. The Balaban J connectivity index is 2.36. The summed E-state index contributed by atoms with van der Waals surface area (Å²) in [6.45, 7) is 12.0. The molecule has 1 rings (SSSR count). The van der Waals surface area contributed by atoms with Crippen LogP contribution in [0.15, 0.2) is 0 Å². The molecule has 1 aliphatic carbocycles. The van der Waals surface area contributed by atoms with Crippen molar-refractivity contribution in [1.82, 2.24) is 0 Å². The molecule has 3 atom stereocenters. The summed E-state index contributed by atoms with van der Waals surface area (Å²) in [6.07, 6.45) is 5.65. The Labute approximate surface area is 90.5 Å². The minimum atomic E-state index is 0.937. The zero-order chi connectivity index (χ0) is 10.7. The molecule has 0 amide bonds. The highest BCUT2D eigenvalue weighted by Crippen LogP contribution is 2.50. The molecule has 3 unspecified atom stereocenters. The van der Waals surface area contributed by atoms with Gasteiger partial charge in [0.1, 0.15) is 0 Å². The Morgan fingerprint density at radius 1 is 1.00 bits per heavy atom. The molecule has 0 saturated heterocycles. The van der Waals surface area contributed by atoms with Gasteiger partial charge in [-0.15, -0.1) is 0 Å². The molecule has 0 heteroatoms. The molecule has 1 saturated carbocycles. The summed E-state index contributed by atoms with van der Waals surface area (Å²) < 4.78 is 0. The third kappa shape index (κ3) is 2.32. The molecule has 0 aromatic carbocycles. The second-order valence-corrected chi connectivity index (χ2v) is 5.58. The second kappa shape index (κ2) is 5.19. The van der Waals surface area contributed by atoms with E-state index >= 15 is 0 Å². The van der Waals surface area contributed by atoms with Gasteiger partial charge in [-0.05, 0) is 36.0 Å². The van der Waals surface area contributed by atoms with Crippen molar-refractivity contribution in [3.8, 4) is 0 Å². The average molecular weight is 196 g/mol. The van der Waals surface area contributed by atoms with Crippen molar-refractivity contribution in [2.24, 2.45) is 29.6 Å². The third-order valence-electron chi connectivity index (χ3n) is 4.69. The summed E-state index contributed by atoms with van der Waals surface area (Å²) in [4.78, 5) is 0. The Morgan fingerprint density at radius 2 is 1.57 bits per heavy atom. The van der Waals surface area contributed by atoms with Crippen molar-refractivity contribution in [3.63, 3.8) is 0 Å². The molecule has 0 nitrogen and oxygen atoms in total. The van der Waals surface area contributed by atoms with Gasteiger partial charge < -0.3 is 0 Å². The van der Waals surface area contributed by atoms with Gasteiger partial charge in [-0.3, -0.25) is 0 Å². The molecule has 1 aliphatic rings. The van der Waals surface area contributed by atoms with E-state index in [-0.39, 0.29) is 0 Å². The molecule has 1 fully saturated rings. The van der Waals surface area contributed by atoms with Crippen LogP contribution in [0.1, 0.15) is 60.3 Å². The zero-order valence-corrected chi connectivity index (χ0v) is 10.7. The van der Waals surface area contributed by atoms with Crippen molar-refractivity contribution in [2.75, 3.05) is 0 Å². The lowest BCUT2D eigenvalue weighted by molar-refractivity contribution is -0.0185. The number of hydrogen-bond donors (Lipinski definition) is 0. The minimum absolute atomic E-state index is 0.937. The van der Waals surface area contributed by atoms with E-state index in [1.165, 1.54) is 25.7 Å². The van der Waals surface area contributed by atoms with Gasteiger partial charge in [0.05, 0.1) is 0 Å². The zero-order valence-electron chi connectivity index (χ0n) is 10.7. The Hall–Kier alpha value is 0. The topological polar surface area (TPSA) is 0 Å². The standard InChI is InChI=1S/C14H28/c1-6-8-13-11(4)14(12(13)5)9-10(3)7-2/h10-14H,6-9H2,1-5H3. The summed E-state index contributed by atoms with van der Waals surface area (Å²) in [7, 11) is 0. The first kappa shape index (κ1) is 12.1. The van der Waals surface area contributed by atoms with Gasteiger partial charge >= 0.3 is 0 Å². The fourth-order valence-corrected chi connectivity index (χ4v) is 3.37. The van der Waals surface area contributed by atoms with E-state index in [9.17, 15) is 0 Å². The molecule has 0 heterocycles. The van der Waals surface area contributed by atoms with Crippen LogP contribution < -0.4 is 0 Å². The van der Waals surface area contributed by atoms with Gasteiger partial charge in [-0.25, -0.2) is 0 Å². The number of hydrogen-bond acceptors (Lipinski definition) is 0. The maximum absolute atomic E-state index is 2.48. The van der Waals surface area contributed by atoms with Gasteiger partial charge in [-0.1, -0.05) is 53.9 Å². The van der Waals surface area contributed by atoms with Gasteiger partial charge in [-0.2, -0.15) is 0 Å². The molecule has 14 heavy (non-hydrogen) atoms. The first-order valence-corrected chi connectivity index (χ1v) is 6.61. The maximum Gasteiger partial charge on any atom is -0.0355 e. The molecule has 84 valence electrons. The highest BCUT2D eigenvalue weighted by Gasteiger charge is 2.43. The molecular formula is C14H28. The monoisotopic (exact) mass is 196 g/mol. The van der Waals surface area contributed by atoms with Crippen LogP contribution in [0.3, 0.4) is 0 Å². The predicted molar refractivity (Wildman–Crippen MR) is 64.3 cm³/mol. The van der Waals surface area contributed by atoms with Crippen LogP contribution in [0.5, 0.6) is 0 Å². The minimum Gasteiger partial charge on any atom is -0.0654 e. The summed E-state index contributed by atoms with van der Waals surface area (Å²) in [5.74, 6) is 5.00. The maximum atomic E-state index is 2.48. The van der Waals surface area contributed by atoms with Crippen molar-refractivity contribution in [3.05, 3.63) is 0 Å². The van der Waals surface area contributed by atoms with Crippen LogP contribution in [-0.4, -0.2) is 0 Å². The summed E-state index contributed by atoms with van der Waals surface area (Å²) >= 11 is 0. The van der Waals surface area contributed by atoms with Crippen LogP contribution in [0, 0.1) is 29.6 Å². The van der Waals surface area contributed by atoms with Gasteiger partial charge in [0.25, 0.3) is 0 Å². The highest BCUT2D eigenvalue weighted by molar-refractivity contribution is 4.92. The molecule has 0 bridgehead atoms. The van der Waals surface area contributed by atoms with Crippen LogP contribution >= 0.6 is 0 Å². The van der Waals surface area contributed by atoms with E-state index in [1.807, 2.05) is 0 Å². The summed E-state index contributed by atoms with van der Waals surface area (Å²) in [5, 5.41) is 0. The Kier molecular flexibility index (Phi) is 4.47. The fourth-order valence-electron chi connectivity index (χ4n) is 3.37. The van der Waals surface area contributed by atoms with Crippen molar-refractivity contribution in [2.45, 2.75) is 60.3 Å². The summed E-state index contributed by atoms with van der Waals surface area (Å²) in [6, 6.07) is 0. The molecular weight excluding hydrogens is 168 g/mol. The van der Waals surface area contributed by atoms with Crippen LogP contribution in [-0.2, 0) is 0 Å². The molecule has 0 aliphatic heterocycles. The summed E-state index contributed by atoms with van der Waals surface area (Å²) in [5.41, 5.74) is 0. The quantitative estimate of drug-likeness (QED) is 0.595. The van der Waals surface area contributed by atoms with Crippen LogP contribution in [0.25, 0.3) is 0 Å². The van der Waals surface area contributed by atoms with E-state index in [2.05, 4.69) is 34.6 Å². The van der Waals surface area contributed by atoms with Gasteiger partial charge in [0.2, 0.25) is 0 Å². The van der Waals surface area contributed by atoms with E-state index in [4.69, 9.17) is 0 Å². The van der Waals surface area contributed by atoms with Crippen molar-refractivity contribution in [1.29, 1.82) is 0 Å². The van der Waals surface area contributed by atoms with E-state index in [1.54, 1.807) is 0 Å².